The zero-order valence-electron chi connectivity index (χ0n) is 22.6. The fourth-order valence-corrected chi connectivity index (χ4v) is 5.49. The van der Waals surface area contributed by atoms with Gasteiger partial charge in [-0.1, -0.05) is 86.1 Å². The smallest absolute Gasteiger partial charge is 0.244 e. The summed E-state index contributed by atoms with van der Waals surface area (Å²) >= 11 is 6.24. The summed E-state index contributed by atoms with van der Waals surface area (Å²) in [5, 5.41) is 3.43. The first kappa shape index (κ1) is 30.2. The predicted octanol–water partition coefficient (Wildman–Crippen LogP) is 4.83. The molecule has 0 saturated heterocycles. The summed E-state index contributed by atoms with van der Waals surface area (Å²) in [6.07, 6.45) is 2.69. The maximum Gasteiger partial charge on any atom is 0.244 e. The third kappa shape index (κ3) is 8.57. The number of nitrogens with zero attached hydrogens (tertiary/aromatic N) is 2. The number of halogens is 1. The number of carbonyl (C=O) groups excluding carboxylic acids is 2. The Morgan fingerprint density at radius 1 is 0.923 bits per heavy atom. The Morgan fingerprint density at radius 2 is 1.59 bits per heavy atom. The number of nitrogens with one attached hydrogen (secondary N) is 1. The molecule has 0 fully saturated rings. The largest absolute Gasteiger partial charge is 0.354 e. The van der Waals surface area contributed by atoms with Gasteiger partial charge in [-0.2, -0.15) is 0 Å². The molecule has 39 heavy (non-hydrogen) atoms. The van der Waals surface area contributed by atoms with Crippen LogP contribution in [-0.2, 0) is 39.0 Å². The minimum absolute atomic E-state index is 0.0868. The van der Waals surface area contributed by atoms with E-state index in [4.69, 9.17) is 11.6 Å². The van der Waals surface area contributed by atoms with Gasteiger partial charge in [-0.05, 0) is 47.7 Å². The van der Waals surface area contributed by atoms with Crippen LogP contribution in [0.5, 0.6) is 0 Å². The first-order valence-corrected chi connectivity index (χ1v) is 15.3. The van der Waals surface area contributed by atoms with Gasteiger partial charge >= 0.3 is 0 Å². The molecule has 0 bridgehead atoms. The van der Waals surface area contributed by atoms with E-state index in [1.807, 2.05) is 62.4 Å². The molecule has 7 nitrogen and oxygen atoms in total. The average molecular weight is 570 g/mol. The molecule has 0 spiro atoms. The Hall–Kier alpha value is -3.36. The molecule has 0 radical (unpaired) electrons. The number of para-hydroxylation sites is 1. The molecule has 0 unspecified atom stereocenters. The van der Waals surface area contributed by atoms with Crippen molar-refractivity contribution in [1.29, 1.82) is 0 Å². The maximum atomic E-state index is 14.1. The van der Waals surface area contributed by atoms with E-state index in [1.54, 1.807) is 30.3 Å². The Balaban J connectivity index is 2.06. The topological polar surface area (TPSA) is 86.8 Å². The van der Waals surface area contributed by atoms with Gasteiger partial charge in [-0.3, -0.25) is 13.9 Å². The highest BCUT2D eigenvalue weighted by atomic mass is 35.5. The Bertz CT molecular complexity index is 1370. The van der Waals surface area contributed by atoms with E-state index in [2.05, 4.69) is 5.32 Å². The van der Waals surface area contributed by atoms with Crippen molar-refractivity contribution in [2.24, 2.45) is 0 Å². The minimum atomic E-state index is -3.81. The van der Waals surface area contributed by atoms with Crippen molar-refractivity contribution in [2.45, 2.75) is 45.7 Å². The number of rotatable bonds is 13. The van der Waals surface area contributed by atoms with E-state index in [1.165, 1.54) is 4.90 Å². The van der Waals surface area contributed by atoms with Gasteiger partial charge in [0.25, 0.3) is 0 Å². The highest BCUT2D eigenvalue weighted by Gasteiger charge is 2.33. The van der Waals surface area contributed by atoms with Crippen molar-refractivity contribution < 1.29 is 18.0 Å². The molecule has 3 aromatic carbocycles. The second kappa shape index (κ2) is 14.1. The molecule has 1 atom stereocenters. The van der Waals surface area contributed by atoms with Crippen LogP contribution in [0.1, 0.15) is 37.0 Å². The van der Waals surface area contributed by atoms with Crippen LogP contribution < -0.4 is 9.62 Å². The van der Waals surface area contributed by atoms with Crippen molar-refractivity contribution >= 4 is 39.1 Å². The number of hydrogen-bond donors (Lipinski definition) is 1. The van der Waals surface area contributed by atoms with Gasteiger partial charge in [0.2, 0.25) is 21.8 Å². The molecule has 0 aliphatic rings. The lowest BCUT2D eigenvalue weighted by Crippen LogP contribution is -2.53. The third-order valence-electron chi connectivity index (χ3n) is 6.38. The predicted molar refractivity (Wildman–Crippen MR) is 157 cm³/mol. The summed E-state index contributed by atoms with van der Waals surface area (Å²) in [7, 11) is -3.81. The lowest BCUT2D eigenvalue weighted by atomic mass is 10.0. The lowest BCUT2D eigenvalue weighted by molar-refractivity contribution is -0.140. The number of amides is 2. The second-order valence-corrected chi connectivity index (χ2v) is 11.7. The third-order valence-corrected chi connectivity index (χ3v) is 7.74. The van der Waals surface area contributed by atoms with Crippen molar-refractivity contribution in [3.63, 3.8) is 0 Å². The SMILES string of the molecule is CCCNC(=O)[C@@H](Cc1ccccc1)N(Cc1cccc(Cl)c1)C(=O)CN(c1ccccc1CC)S(C)(=O)=O. The standard InChI is InChI=1S/C30H36ClN3O4S/c1-4-18-32-30(36)28(20-23-12-7-6-8-13-23)33(21-24-14-11-16-26(31)19-24)29(35)22-34(39(3,37)38)27-17-10-9-15-25(27)5-2/h6-17,19,28H,4-5,18,20-22H2,1-3H3,(H,32,36)/t28-/m1/s1. The van der Waals surface area contributed by atoms with Crippen LogP contribution in [0.2, 0.25) is 5.02 Å². The molecule has 0 aromatic heterocycles. The van der Waals surface area contributed by atoms with E-state index in [0.717, 1.165) is 33.7 Å². The van der Waals surface area contributed by atoms with Crippen LogP contribution in [0.25, 0.3) is 0 Å². The molecular weight excluding hydrogens is 534 g/mol. The van der Waals surface area contributed by atoms with E-state index in [0.29, 0.717) is 23.7 Å². The molecule has 0 aliphatic carbocycles. The molecule has 1 N–H and O–H groups in total. The summed E-state index contributed by atoms with van der Waals surface area (Å²) in [4.78, 5) is 29.0. The first-order valence-electron chi connectivity index (χ1n) is 13.0. The van der Waals surface area contributed by atoms with E-state index >= 15 is 0 Å². The monoisotopic (exact) mass is 569 g/mol. The Labute approximate surface area is 236 Å². The number of anilines is 1. The van der Waals surface area contributed by atoms with Gasteiger partial charge in [-0.25, -0.2) is 8.42 Å². The van der Waals surface area contributed by atoms with Crippen LogP contribution in [0.4, 0.5) is 5.69 Å². The molecule has 2 amide bonds. The molecule has 208 valence electrons. The van der Waals surface area contributed by atoms with Crippen LogP contribution in [-0.4, -0.2) is 50.5 Å². The van der Waals surface area contributed by atoms with Crippen molar-refractivity contribution in [3.8, 4) is 0 Å². The van der Waals surface area contributed by atoms with Crippen molar-refractivity contribution in [3.05, 3.63) is 101 Å². The van der Waals surface area contributed by atoms with Gasteiger partial charge in [0.05, 0.1) is 11.9 Å². The lowest BCUT2D eigenvalue weighted by Gasteiger charge is -2.34. The summed E-state index contributed by atoms with van der Waals surface area (Å²) in [6, 6.07) is 22.8. The summed E-state index contributed by atoms with van der Waals surface area (Å²) in [6.45, 7) is 3.99. The van der Waals surface area contributed by atoms with E-state index < -0.39 is 28.5 Å². The normalized spacial score (nSPS) is 12.0. The maximum absolute atomic E-state index is 14.1. The summed E-state index contributed by atoms with van der Waals surface area (Å²) in [5.41, 5.74) is 2.87. The highest BCUT2D eigenvalue weighted by Crippen LogP contribution is 2.25. The van der Waals surface area contributed by atoms with Gasteiger partial charge in [0, 0.05) is 24.5 Å². The number of benzene rings is 3. The molecular formula is C30H36ClN3O4S. The first-order chi connectivity index (χ1) is 18.6. The summed E-state index contributed by atoms with van der Waals surface area (Å²) in [5.74, 6) is -0.783. The van der Waals surface area contributed by atoms with Gasteiger partial charge in [0.15, 0.2) is 0 Å². The molecule has 3 rings (SSSR count). The van der Waals surface area contributed by atoms with E-state index in [-0.39, 0.29) is 18.9 Å². The van der Waals surface area contributed by atoms with Crippen LogP contribution >= 0.6 is 11.6 Å². The fraction of sp³-hybridized carbons (Fsp3) is 0.333. The van der Waals surface area contributed by atoms with Crippen LogP contribution in [0.15, 0.2) is 78.9 Å². The van der Waals surface area contributed by atoms with Crippen LogP contribution in [0.3, 0.4) is 0 Å². The molecule has 0 saturated carbocycles. The molecule has 0 heterocycles. The van der Waals surface area contributed by atoms with Crippen molar-refractivity contribution in [1.82, 2.24) is 10.2 Å². The van der Waals surface area contributed by atoms with Gasteiger partial charge < -0.3 is 10.2 Å². The molecule has 0 aliphatic heterocycles. The molecule has 9 heteroatoms. The Morgan fingerprint density at radius 3 is 2.23 bits per heavy atom. The number of aryl methyl sites for hydroxylation is 1. The minimum Gasteiger partial charge on any atom is -0.354 e. The van der Waals surface area contributed by atoms with Gasteiger partial charge in [0.1, 0.15) is 12.6 Å². The second-order valence-electron chi connectivity index (χ2n) is 9.40. The fourth-order valence-electron chi connectivity index (χ4n) is 4.40. The Kier molecular flexibility index (Phi) is 10.9. The van der Waals surface area contributed by atoms with Crippen molar-refractivity contribution in [2.75, 3.05) is 23.7 Å². The number of hydrogen-bond acceptors (Lipinski definition) is 4. The average Bonchev–Trinajstić information content (AvgIpc) is 2.92. The number of carbonyl (C=O) groups is 2. The zero-order valence-corrected chi connectivity index (χ0v) is 24.2. The van der Waals surface area contributed by atoms with Gasteiger partial charge in [-0.15, -0.1) is 0 Å². The highest BCUT2D eigenvalue weighted by molar-refractivity contribution is 7.92. The zero-order chi connectivity index (χ0) is 28.4. The number of sulfonamides is 1. The molecule has 3 aromatic rings. The summed E-state index contributed by atoms with van der Waals surface area (Å²) < 4.78 is 27.0. The van der Waals surface area contributed by atoms with Crippen LogP contribution in [0, 0.1) is 0 Å². The van der Waals surface area contributed by atoms with E-state index in [9.17, 15) is 18.0 Å². The quantitative estimate of drug-likeness (QED) is 0.319.